The first-order valence-corrected chi connectivity index (χ1v) is 8.01. The molecule has 0 fully saturated rings. The molecule has 0 bridgehead atoms. The lowest BCUT2D eigenvalue weighted by atomic mass is 9.97. The molecule has 0 atom stereocenters. The van der Waals surface area contributed by atoms with Crippen LogP contribution in [-0.2, 0) is 12.6 Å². The Hall–Kier alpha value is -2.14. The number of benzene rings is 1. The Morgan fingerprint density at radius 3 is 2.62 bits per heavy atom. The molecule has 1 aliphatic heterocycles. The van der Waals surface area contributed by atoms with Crippen molar-refractivity contribution >= 4 is 5.57 Å². The van der Waals surface area contributed by atoms with E-state index in [0.29, 0.717) is 5.56 Å². The van der Waals surface area contributed by atoms with Crippen molar-refractivity contribution < 1.29 is 13.2 Å². The van der Waals surface area contributed by atoms with Crippen LogP contribution in [0.1, 0.15) is 23.2 Å². The summed E-state index contributed by atoms with van der Waals surface area (Å²) in [5.74, 6) is 0. The summed E-state index contributed by atoms with van der Waals surface area (Å²) in [7, 11) is 0. The van der Waals surface area contributed by atoms with E-state index < -0.39 is 11.7 Å². The summed E-state index contributed by atoms with van der Waals surface area (Å²) in [5, 5.41) is 0. The number of aromatic nitrogens is 1. The summed E-state index contributed by atoms with van der Waals surface area (Å²) in [6.07, 6.45) is 1.19. The Labute approximate surface area is 139 Å². The Balaban J connectivity index is 1.61. The fourth-order valence-electron chi connectivity index (χ4n) is 2.89. The predicted molar refractivity (Wildman–Crippen MR) is 88.4 cm³/mol. The second-order valence-corrected chi connectivity index (χ2v) is 5.93. The summed E-state index contributed by atoms with van der Waals surface area (Å²) in [6.45, 7) is 2.52. The molecular weight excluding hydrogens is 313 g/mol. The molecule has 1 aliphatic rings. The van der Waals surface area contributed by atoms with Crippen molar-refractivity contribution in [2.24, 2.45) is 0 Å². The molecule has 0 unspecified atom stereocenters. The number of rotatable bonds is 4. The monoisotopic (exact) mass is 332 g/mol. The highest BCUT2D eigenvalue weighted by atomic mass is 19.4. The normalized spacial score (nSPS) is 16.0. The van der Waals surface area contributed by atoms with Crippen molar-refractivity contribution in [3.8, 4) is 0 Å². The maximum Gasteiger partial charge on any atom is 0.416 e. The van der Waals surface area contributed by atoms with E-state index in [1.165, 1.54) is 12.1 Å². The molecule has 3 rings (SSSR count). The largest absolute Gasteiger partial charge is 0.416 e. The molecule has 5 heteroatoms. The Morgan fingerprint density at radius 1 is 1.08 bits per heavy atom. The minimum Gasteiger partial charge on any atom is -0.299 e. The molecule has 2 heterocycles. The highest BCUT2D eigenvalue weighted by Crippen LogP contribution is 2.32. The molecule has 126 valence electrons. The van der Waals surface area contributed by atoms with Gasteiger partial charge in [-0.25, -0.2) is 0 Å². The van der Waals surface area contributed by atoms with Crippen LogP contribution in [0.4, 0.5) is 13.2 Å². The number of hydrogen-bond acceptors (Lipinski definition) is 2. The van der Waals surface area contributed by atoms with Gasteiger partial charge < -0.3 is 0 Å². The molecule has 0 saturated heterocycles. The fourth-order valence-corrected chi connectivity index (χ4v) is 2.89. The van der Waals surface area contributed by atoms with E-state index in [1.807, 2.05) is 24.3 Å². The molecule has 0 radical (unpaired) electrons. The SMILES string of the molecule is FC(F)(F)c1cccc(C2=CCN(CCc3ccccn3)CC2)c1. The summed E-state index contributed by atoms with van der Waals surface area (Å²) in [4.78, 5) is 6.61. The molecule has 0 aliphatic carbocycles. The van der Waals surface area contributed by atoms with Gasteiger partial charge in [-0.15, -0.1) is 0 Å². The van der Waals surface area contributed by atoms with Gasteiger partial charge in [0.05, 0.1) is 5.56 Å². The predicted octanol–water partition coefficient (Wildman–Crippen LogP) is 4.43. The van der Waals surface area contributed by atoms with Crippen LogP contribution in [-0.4, -0.2) is 29.5 Å². The van der Waals surface area contributed by atoms with E-state index >= 15 is 0 Å². The van der Waals surface area contributed by atoms with E-state index in [1.54, 1.807) is 12.3 Å². The van der Waals surface area contributed by atoms with Crippen LogP contribution >= 0.6 is 0 Å². The van der Waals surface area contributed by atoms with Gasteiger partial charge in [-0.1, -0.05) is 24.3 Å². The van der Waals surface area contributed by atoms with Gasteiger partial charge in [-0.3, -0.25) is 9.88 Å². The number of nitrogens with zero attached hydrogens (tertiary/aromatic N) is 2. The average molecular weight is 332 g/mol. The van der Waals surface area contributed by atoms with E-state index in [9.17, 15) is 13.2 Å². The second kappa shape index (κ2) is 7.18. The maximum absolute atomic E-state index is 12.8. The zero-order chi connectivity index (χ0) is 17.0. The van der Waals surface area contributed by atoms with Crippen LogP contribution in [0.5, 0.6) is 0 Å². The van der Waals surface area contributed by atoms with Crippen molar-refractivity contribution in [2.75, 3.05) is 19.6 Å². The molecule has 0 saturated carbocycles. The van der Waals surface area contributed by atoms with Crippen molar-refractivity contribution in [2.45, 2.75) is 19.0 Å². The lowest BCUT2D eigenvalue weighted by Gasteiger charge is -2.26. The van der Waals surface area contributed by atoms with Gasteiger partial charge in [0, 0.05) is 37.9 Å². The first-order chi connectivity index (χ1) is 11.5. The van der Waals surface area contributed by atoms with Crippen LogP contribution in [0.2, 0.25) is 0 Å². The number of halogens is 3. The molecule has 0 N–H and O–H groups in total. The van der Waals surface area contributed by atoms with Gasteiger partial charge in [0.1, 0.15) is 0 Å². The lowest BCUT2D eigenvalue weighted by Crippen LogP contribution is -2.30. The first kappa shape index (κ1) is 16.7. The van der Waals surface area contributed by atoms with Crippen LogP contribution in [0.25, 0.3) is 5.57 Å². The minimum absolute atomic E-state index is 0.585. The molecule has 2 aromatic rings. The molecular formula is C19H19F3N2. The van der Waals surface area contributed by atoms with E-state index in [-0.39, 0.29) is 0 Å². The summed E-state index contributed by atoms with van der Waals surface area (Å²) in [6, 6.07) is 11.5. The van der Waals surface area contributed by atoms with Crippen LogP contribution < -0.4 is 0 Å². The van der Waals surface area contributed by atoms with Crippen molar-refractivity contribution in [1.29, 1.82) is 0 Å². The van der Waals surface area contributed by atoms with Crippen LogP contribution in [0.15, 0.2) is 54.7 Å². The van der Waals surface area contributed by atoms with Crippen LogP contribution in [0.3, 0.4) is 0 Å². The fraction of sp³-hybridized carbons (Fsp3) is 0.316. The lowest BCUT2D eigenvalue weighted by molar-refractivity contribution is -0.137. The Kier molecular flexibility index (Phi) is 5.00. The molecule has 1 aromatic heterocycles. The highest BCUT2D eigenvalue weighted by Gasteiger charge is 2.30. The summed E-state index contributed by atoms with van der Waals surface area (Å²) in [5.41, 5.74) is 2.15. The third kappa shape index (κ3) is 4.23. The van der Waals surface area contributed by atoms with Crippen molar-refractivity contribution in [1.82, 2.24) is 9.88 Å². The number of pyridine rings is 1. The molecule has 1 aromatic carbocycles. The maximum atomic E-state index is 12.8. The topological polar surface area (TPSA) is 16.1 Å². The summed E-state index contributed by atoms with van der Waals surface area (Å²) < 4.78 is 38.5. The van der Waals surface area contributed by atoms with E-state index in [4.69, 9.17) is 0 Å². The smallest absolute Gasteiger partial charge is 0.299 e. The van der Waals surface area contributed by atoms with E-state index in [2.05, 4.69) is 9.88 Å². The second-order valence-electron chi connectivity index (χ2n) is 5.93. The van der Waals surface area contributed by atoms with Gasteiger partial charge >= 0.3 is 6.18 Å². The van der Waals surface area contributed by atoms with Gasteiger partial charge in [0.2, 0.25) is 0 Å². The first-order valence-electron chi connectivity index (χ1n) is 8.01. The standard InChI is InChI=1S/C19H19F3N2/c20-19(21,22)17-5-3-4-16(14-17)15-7-11-24(12-8-15)13-9-18-6-1-2-10-23-18/h1-7,10,14H,8-9,11-13H2. The molecule has 0 spiro atoms. The molecule has 2 nitrogen and oxygen atoms in total. The van der Waals surface area contributed by atoms with Crippen molar-refractivity contribution in [3.05, 3.63) is 71.6 Å². The van der Waals surface area contributed by atoms with E-state index in [0.717, 1.165) is 49.8 Å². The van der Waals surface area contributed by atoms with Crippen LogP contribution in [0, 0.1) is 0 Å². The quantitative estimate of drug-likeness (QED) is 0.823. The molecule has 24 heavy (non-hydrogen) atoms. The Morgan fingerprint density at radius 2 is 1.96 bits per heavy atom. The van der Waals surface area contributed by atoms with Gasteiger partial charge in [-0.05, 0) is 41.8 Å². The Bertz CT molecular complexity index is 708. The average Bonchev–Trinajstić information content (AvgIpc) is 2.61. The summed E-state index contributed by atoms with van der Waals surface area (Å²) >= 11 is 0. The van der Waals surface area contributed by atoms with Gasteiger partial charge in [-0.2, -0.15) is 13.2 Å². The highest BCUT2D eigenvalue weighted by molar-refractivity contribution is 5.67. The number of hydrogen-bond donors (Lipinski definition) is 0. The molecule has 0 amide bonds. The third-order valence-electron chi connectivity index (χ3n) is 4.26. The third-order valence-corrected chi connectivity index (χ3v) is 4.26. The van der Waals surface area contributed by atoms with Gasteiger partial charge in [0.25, 0.3) is 0 Å². The zero-order valence-corrected chi connectivity index (χ0v) is 13.3. The minimum atomic E-state index is -4.29. The zero-order valence-electron chi connectivity index (χ0n) is 13.3. The number of alkyl halides is 3. The van der Waals surface area contributed by atoms with Gasteiger partial charge in [0.15, 0.2) is 0 Å². The van der Waals surface area contributed by atoms with Crippen molar-refractivity contribution in [3.63, 3.8) is 0 Å².